The van der Waals surface area contributed by atoms with E-state index in [1.165, 1.54) is 12.1 Å². The summed E-state index contributed by atoms with van der Waals surface area (Å²) < 4.78 is 0. The van der Waals surface area contributed by atoms with E-state index in [1.54, 1.807) is 12.1 Å². The molecule has 0 aliphatic heterocycles. The molecule has 4 heteroatoms. The number of carbonyl (C=O) groups excluding carboxylic acids is 1. The number of rotatable bonds is 1. The number of carbonyl (C=O) groups is 1. The van der Waals surface area contributed by atoms with Crippen molar-refractivity contribution >= 4 is 17.5 Å². The van der Waals surface area contributed by atoms with E-state index < -0.39 is 5.91 Å². The highest BCUT2D eigenvalue weighted by molar-refractivity contribution is 6.30. The number of nitrogens with one attached hydrogen (secondary N) is 1. The zero-order valence-electron chi connectivity index (χ0n) is 5.54. The molecule has 3 nitrogen and oxygen atoms in total. The van der Waals surface area contributed by atoms with E-state index in [9.17, 15) is 4.79 Å². The van der Waals surface area contributed by atoms with E-state index in [1.807, 2.05) is 0 Å². The van der Waals surface area contributed by atoms with Gasteiger partial charge in [-0.3, -0.25) is 4.79 Å². The maximum atomic E-state index is 10.7. The molecule has 1 rings (SSSR count). The Bertz CT molecular complexity index is 281. The van der Waals surface area contributed by atoms with Gasteiger partial charge in [-0.2, -0.15) is 0 Å². The summed E-state index contributed by atoms with van der Waals surface area (Å²) in [5, 5.41) is 3.32. The molecule has 11 heavy (non-hydrogen) atoms. The minimum absolute atomic E-state index is 0.379. The van der Waals surface area contributed by atoms with Crippen molar-refractivity contribution in [3.05, 3.63) is 34.9 Å². The third-order valence-electron chi connectivity index (χ3n) is 1.19. The third kappa shape index (κ3) is 1.85. The molecule has 1 aromatic rings. The second-order valence-electron chi connectivity index (χ2n) is 1.92. The van der Waals surface area contributed by atoms with Crippen molar-refractivity contribution in [3.8, 4) is 0 Å². The molecule has 0 radical (unpaired) electrons. The highest BCUT2D eigenvalue weighted by Crippen LogP contribution is 2.09. The Kier molecular flexibility index (Phi) is 2.33. The first kappa shape index (κ1) is 7.88. The predicted octanol–water partition coefficient (Wildman–Crippen LogP) is 2.51. The van der Waals surface area contributed by atoms with Crippen LogP contribution < -0.4 is 0 Å². The second-order valence-corrected chi connectivity index (χ2v) is 2.36. The second kappa shape index (κ2) is 3.25. The van der Waals surface area contributed by atoms with Gasteiger partial charge in [0, 0.05) is 10.6 Å². The van der Waals surface area contributed by atoms with Gasteiger partial charge in [-0.25, -0.2) is 5.53 Å². The molecule has 1 aromatic carbocycles. The molecular weight excluding hydrogens is 164 g/mol. The number of hydrogen-bond acceptors (Lipinski definition) is 2. The molecule has 0 aliphatic rings. The van der Waals surface area contributed by atoms with Crippen LogP contribution in [-0.2, 0) is 0 Å². The van der Waals surface area contributed by atoms with E-state index in [2.05, 4.69) is 5.11 Å². The summed E-state index contributed by atoms with van der Waals surface area (Å²) in [6, 6.07) is 6.23. The highest BCUT2D eigenvalue weighted by Gasteiger charge is 2.01. The van der Waals surface area contributed by atoms with Crippen LogP contribution in [0.4, 0.5) is 0 Å². The molecule has 0 aromatic heterocycles. The summed E-state index contributed by atoms with van der Waals surface area (Å²) in [6.07, 6.45) is 0. The van der Waals surface area contributed by atoms with Gasteiger partial charge in [-0.05, 0) is 24.3 Å². The largest absolute Gasteiger partial charge is 0.294 e. The summed E-state index contributed by atoms with van der Waals surface area (Å²) in [6.45, 7) is 0. The predicted molar refractivity (Wildman–Crippen MR) is 40.9 cm³/mol. The Morgan fingerprint density at radius 1 is 1.36 bits per heavy atom. The highest BCUT2D eigenvalue weighted by atomic mass is 35.5. The average Bonchev–Trinajstić information content (AvgIpc) is 2.05. The zero-order valence-corrected chi connectivity index (χ0v) is 6.30. The number of halogens is 1. The van der Waals surface area contributed by atoms with Gasteiger partial charge in [-0.15, -0.1) is 5.11 Å². The number of nitrogens with zero attached hydrogens (tertiary/aromatic N) is 1. The molecule has 1 N–H and O–H groups in total. The van der Waals surface area contributed by atoms with Crippen LogP contribution in [0.5, 0.6) is 0 Å². The summed E-state index contributed by atoms with van der Waals surface area (Å²) in [5.74, 6) is -0.554. The number of benzene rings is 1. The van der Waals surface area contributed by atoms with Crippen LogP contribution in [0.3, 0.4) is 0 Å². The van der Waals surface area contributed by atoms with Crippen LogP contribution in [0.1, 0.15) is 10.4 Å². The maximum Gasteiger partial charge on any atom is 0.294 e. The van der Waals surface area contributed by atoms with Crippen molar-refractivity contribution < 1.29 is 4.79 Å². The van der Waals surface area contributed by atoms with E-state index in [0.717, 1.165) is 0 Å². The van der Waals surface area contributed by atoms with Gasteiger partial charge in [0.25, 0.3) is 5.91 Å². The first-order valence-corrected chi connectivity index (χ1v) is 3.29. The maximum absolute atomic E-state index is 10.7. The zero-order chi connectivity index (χ0) is 8.27. The van der Waals surface area contributed by atoms with Crippen molar-refractivity contribution in [2.45, 2.75) is 0 Å². The minimum Gasteiger partial charge on any atom is -0.265 e. The van der Waals surface area contributed by atoms with Crippen LogP contribution in [-0.4, -0.2) is 5.91 Å². The minimum atomic E-state index is -0.554. The van der Waals surface area contributed by atoms with Gasteiger partial charge < -0.3 is 0 Å². The van der Waals surface area contributed by atoms with Crippen molar-refractivity contribution in [1.82, 2.24) is 0 Å². The fourth-order valence-corrected chi connectivity index (χ4v) is 0.783. The smallest absolute Gasteiger partial charge is 0.265 e. The summed E-state index contributed by atoms with van der Waals surface area (Å²) in [5.41, 5.74) is 6.82. The Morgan fingerprint density at radius 3 is 2.36 bits per heavy atom. The van der Waals surface area contributed by atoms with Gasteiger partial charge >= 0.3 is 0 Å². The van der Waals surface area contributed by atoms with Crippen molar-refractivity contribution in [2.24, 2.45) is 5.11 Å². The normalized spacial score (nSPS) is 9.18. The summed E-state index contributed by atoms with van der Waals surface area (Å²) in [4.78, 5) is 10.7. The van der Waals surface area contributed by atoms with Crippen LogP contribution in [0.15, 0.2) is 29.4 Å². The molecule has 0 heterocycles. The van der Waals surface area contributed by atoms with Crippen LogP contribution in [0, 0.1) is 5.53 Å². The molecule has 56 valence electrons. The molecule has 0 bridgehead atoms. The van der Waals surface area contributed by atoms with Gasteiger partial charge in [0.05, 0.1) is 0 Å². The van der Waals surface area contributed by atoms with Gasteiger partial charge in [0.1, 0.15) is 0 Å². The lowest BCUT2D eigenvalue weighted by Gasteiger charge is -1.92. The van der Waals surface area contributed by atoms with E-state index in [-0.39, 0.29) is 0 Å². The lowest BCUT2D eigenvalue weighted by molar-refractivity contribution is 0.0991. The lowest BCUT2D eigenvalue weighted by atomic mass is 10.2. The molecule has 0 saturated carbocycles. The molecule has 0 aliphatic carbocycles. The Hall–Kier alpha value is -1.22. The first-order valence-electron chi connectivity index (χ1n) is 2.91. The van der Waals surface area contributed by atoms with E-state index in [0.29, 0.717) is 10.6 Å². The molecular formula is C7H5ClN2O. The standard InChI is InChI=1S/C7H5ClN2O/c8-6-3-1-5(2-4-6)7(11)10-9/h1-4,9H. The lowest BCUT2D eigenvalue weighted by Crippen LogP contribution is -1.91. The number of amides is 1. The summed E-state index contributed by atoms with van der Waals surface area (Å²) in [7, 11) is 0. The Labute approximate surface area is 68.5 Å². The van der Waals surface area contributed by atoms with Gasteiger partial charge in [0.15, 0.2) is 0 Å². The van der Waals surface area contributed by atoms with Gasteiger partial charge in [-0.1, -0.05) is 11.6 Å². The quantitative estimate of drug-likeness (QED) is 0.644. The summed E-state index contributed by atoms with van der Waals surface area (Å²) >= 11 is 5.57. The topological polar surface area (TPSA) is 53.3 Å². The van der Waals surface area contributed by atoms with Crippen molar-refractivity contribution in [2.75, 3.05) is 0 Å². The van der Waals surface area contributed by atoms with Crippen molar-refractivity contribution in [1.29, 1.82) is 5.53 Å². The Balaban J connectivity index is 2.98. The molecule has 0 fully saturated rings. The Morgan fingerprint density at radius 2 is 1.91 bits per heavy atom. The van der Waals surface area contributed by atoms with Crippen LogP contribution >= 0.6 is 11.6 Å². The van der Waals surface area contributed by atoms with Gasteiger partial charge in [0.2, 0.25) is 0 Å². The SMILES string of the molecule is N=NC(=O)c1ccc(Cl)cc1. The van der Waals surface area contributed by atoms with E-state index in [4.69, 9.17) is 17.1 Å². The molecule has 0 saturated heterocycles. The average molecular weight is 169 g/mol. The van der Waals surface area contributed by atoms with Crippen molar-refractivity contribution in [3.63, 3.8) is 0 Å². The monoisotopic (exact) mass is 168 g/mol. The molecule has 0 spiro atoms. The fourth-order valence-electron chi connectivity index (χ4n) is 0.657. The fraction of sp³-hybridized carbons (Fsp3) is 0. The number of hydrogen-bond donors (Lipinski definition) is 1. The first-order chi connectivity index (χ1) is 5.24. The van der Waals surface area contributed by atoms with E-state index >= 15 is 0 Å². The van der Waals surface area contributed by atoms with Crippen LogP contribution in [0.2, 0.25) is 5.02 Å². The molecule has 0 atom stereocenters. The molecule has 0 unspecified atom stereocenters. The van der Waals surface area contributed by atoms with Crippen LogP contribution in [0.25, 0.3) is 0 Å². The third-order valence-corrected chi connectivity index (χ3v) is 1.44. The molecule has 1 amide bonds.